The molecule has 0 amide bonds. The van der Waals surface area contributed by atoms with Gasteiger partial charge in [-0.15, -0.1) is 0 Å². The quantitative estimate of drug-likeness (QED) is 0.513. The van der Waals surface area contributed by atoms with E-state index in [4.69, 9.17) is 46.4 Å². The van der Waals surface area contributed by atoms with E-state index in [0.29, 0.717) is 0 Å². The largest absolute Gasteiger partial charge is 0.136 e. The van der Waals surface area contributed by atoms with Crippen LogP contribution in [0.1, 0.15) is 0 Å². The minimum absolute atomic E-state index is 0. The molecule has 7 heavy (non-hydrogen) atoms. The maximum Gasteiger partial charge on any atom is 0.136 e. The fourth-order valence-corrected chi connectivity index (χ4v) is 0. The van der Waals surface area contributed by atoms with Crippen molar-refractivity contribution in [2.45, 2.75) is 0 Å². The Balaban J connectivity index is 0. The zero-order valence-electron chi connectivity index (χ0n) is 3.51. The van der Waals surface area contributed by atoms with Gasteiger partial charge in [0.1, 0.15) is 8.98 Å². The fraction of sp³-hybridized carbons (Fsp3) is 0. The van der Waals surface area contributed by atoms with Gasteiger partial charge in [0.05, 0.1) is 0 Å². The van der Waals surface area contributed by atoms with Gasteiger partial charge in [-0.3, -0.25) is 0 Å². The third kappa shape index (κ3) is 7.90. The van der Waals surface area contributed by atoms with E-state index in [-0.39, 0.29) is 38.5 Å². The van der Waals surface area contributed by atoms with Crippen LogP contribution in [-0.2, 0) is 0 Å². The number of hydrogen-bond donors (Lipinski definition) is 0. The van der Waals surface area contributed by atoms with E-state index in [9.17, 15) is 0 Å². The molecule has 0 spiro atoms. The number of rotatable bonds is 0. The van der Waals surface area contributed by atoms with E-state index >= 15 is 0 Å². The summed E-state index contributed by atoms with van der Waals surface area (Å²) >= 11 is 20.0. The summed E-state index contributed by atoms with van der Waals surface area (Å²) in [7, 11) is 0. The molecule has 0 aromatic carbocycles. The molecule has 0 heterocycles. The zero-order valence-corrected chi connectivity index (χ0v) is 8.54. The maximum absolute atomic E-state index is 4.99. The van der Waals surface area contributed by atoms with Gasteiger partial charge >= 0.3 is 0 Å². The average molecular weight is 189 g/mol. The van der Waals surface area contributed by atoms with Crippen LogP contribution in [-0.4, -0.2) is 29.6 Å². The van der Waals surface area contributed by atoms with Gasteiger partial charge in [0.25, 0.3) is 0 Å². The summed E-state index contributed by atoms with van der Waals surface area (Å²) in [5, 5.41) is 0. The minimum Gasteiger partial charge on any atom is -0.0682 e. The first-order chi connectivity index (χ1) is 2.64. The maximum atomic E-state index is 4.99. The number of halogens is 4. The molecule has 0 rings (SSSR count). The monoisotopic (exact) mass is 187 g/mol. The van der Waals surface area contributed by atoms with E-state index in [1.807, 2.05) is 0 Å². The summed E-state index contributed by atoms with van der Waals surface area (Å²) in [6.07, 6.45) is 0. The van der Waals surface area contributed by atoms with Gasteiger partial charge in [-0.25, -0.2) is 0 Å². The van der Waals surface area contributed by atoms with Gasteiger partial charge in [-0.1, -0.05) is 46.4 Å². The molecule has 0 unspecified atom stereocenters. The standard InChI is InChI=1S/C2Cl4.Na/c3-1(4)2(5)6;. The van der Waals surface area contributed by atoms with E-state index in [0.717, 1.165) is 0 Å². The SMILES string of the molecule is ClC(Cl)=C(Cl)Cl.[Na]. The molecule has 0 aliphatic carbocycles. The second-order valence-electron chi connectivity index (χ2n) is 0.521. The second kappa shape index (κ2) is 6.03. The molecule has 0 nitrogen and oxygen atoms in total. The Hall–Kier alpha value is 1.90. The molecular formula is C2Cl4Na. The van der Waals surface area contributed by atoms with Crippen molar-refractivity contribution in [1.82, 2.24) is 0 Å². The Kier molecular flexibility index (Phi) is 10.0. The molecule has 0 N–H and O–H groups in total. The Labute approximate surface area is 84.0 Å². The van der Waals surface area contributed by atoms with Crippen LogP contribution >= 0.6 is 46.4 Å². The van der Waals surface area contributed by atoms with Crippen LogP contribution in [0.5, 0.6) is 0 Å². The first kappa shape index (κ1) is 11.7. The first-order valence-corrected chi connectivity index (χ1v) is 2.52. The predicted molar refractivity (Wildman–Crippen MR) is 36.2 cm³/mol. The molecule has 5 heteroatoms. The molecule has 1 radical (unpaired) electrons. The molecule has 0 aliphatic rings. The molecule has 0 aromatic rings. The van der Waals surface area contributed by atoms with Gasteiger partial charge < -0.3 is 0 Å². The minimum atomic E-state index is -0.0988. The summed E-state index contributed by atoms with van der Waals surface area (Å²) in [6, 6.07) is 0. The van der Waals surface area contributed by atoms with Gasteiger partial charge in [0.2, 0.25) is 0 Å². The van der Waals surface area contributed by atoms with Crippen LogP contribution < -0.4 is 0 Å². The second-order valence-corrected chi connectivity index (χ2v) is 2.42. The van der Waals surface area contributed by atoms with Crippen LogP contribution in [0, 0.1) is 0 Å². The number of hydrogen-bond acceptors (Lipinski definition) is 0. The van der Waals surface area contributed by atoms with Crippen LogP contribution in [0.15, 0.2) is 8.98 Å². The van der Waals surface area contributed by atoms with E-state index < -0.39 is 0 Å². The van der Waals surface area contributed by atoms with Gasteiger partial charge in [-0.2, -0.15) is 0 Å². The molecular weight excluding hydrogens is 189 g/mol. The van der Waals surface area contributed by atoms with Crippen LogP contribution in [0.25, 0.3) is 0 Å². The zero-order chi connectivity index (χ0) is 5.15. The summed E-state index contributed by atoms with van der Waals surface area (Å²) in [4.78, 5) is 0. The van der Waals surface area contributed by atoms with Crippen LogP contribution in [0.3, 0.4) is 0 Å². The van der Waals surface area contributed by atoms with Crippen molar-refractivity contribution in [3.8, 4) is 0 Å². The third-order valence-electron chi connectivity index (χ3n) is 0.143. The van der Waals surface area contributed by atoms with Gasteiger partial charge in [0.15, 0.2) is 0 Å². The third-order valence-corrected chi connectivity index (χ3v) is 1.29. The topological polar surface area (TPSA) is 0 Å². The Bertz CT molecular complexity index is 59.8. The fourth-order valence-electron chi connectivity index (χ4n) is 0. The van der Waals surface area contributed by atoms with Crippen molar-refractivity contribution in [2.75, 3.05) is 0 Å². The Morgan fingerprint density at radius 1 is 0.714 bits per heavy atom. The van der Waals surface area contributed by atoms with E-state index in [1.54, 1.807) is 0 Å². The normalized spacial score (nSPS) is 6.86. The van der Waals surface area contributed by atoms with E-state index in [1.165, 1.54) is 0 Å². The smallest absolute Gasteiger partial charge is 0.0682 e. The van der Waals surface area contributed by atoms with Gasteiger partial charge in [-0.05, 0) is 0 Å². The Morgan fingerprint density at radius 3 is 0.857 bits per heavy atom. The van der Waals surface area contributed by atoms with Crippen molar-refractivity contribution < 1.29 is 0 Å². The van der Waals surface area contributed by atoms with Crippen molar-refractivity contribution in [2.24, 2.45) is 0 Å². The molecule has 0 fully saturated rings. The summed E-state index contributed by atoms with van der Waals surface area (Å²) in [6.45, 7) is 0. The Morgan fingerprint density at radius 2 is 0.857 bits per heavy atom. The first-order valence-electron chi connectivity index (χ1n) is 1.01. The molecule has 0 saturated carbocycles. The summed E-state index contributed by atoms with van der Waals surface area (Å²) in [5.41, 5.74) is 0. The molecule has 0 aromatic heterocycles. The van der Waals surface area contributed by atoms with Gasteiger partial charge in [0, 0.05) is 29.6 Å². The molecule has 0 saturated heterocycles. The van der Waals surface area contributed by atoms with Crippen molar-refractivity contribution >= 4 is 76.0 Å². The molecule has 0 aliphatic heterocycles. The molecule has 0 atom stereocenters. The predicted octanol–water partition coefficient (Wildman–Crippen LogP) is 2.69. The van der Waals surface area contributed by atoms with Crippen molar-refractivity contribution in [1.29, 1.82) is 0 Å². The summed E-state index contributed by atoms with van der Waals surface area (Å²) in [5.74, 6) is 0. The molecule has 37 valence electrons. The van der Waals surface area contributed by atoms with Crippen molar-refractivity contribution in [3.63, 3.8) is 0 Å². The van der Waals surface area contributed by atoms with E-state index in [2.05, 4.69) is 0 Å². The van der Waals surface area contributed by atoms with Crippen molar-refractivity contribution in [3.05, 3.63) is 8.98 Å². The van der Waals surface area contributed by atoms with Crippen LogP contribution in [0.4, 0.5) is 0 Å². The molecule has 0 bridgehead atoms. The van der Waals surface area contributed by atoms with Crippen LogP contribution in [0.2, 0.25) is 0 Å². The summed E-state index contributed by atoms with van der Waals surface area (Å²) < 4.78 is -0.198. The average Bonchev–Trinajstić information content (AvgIpc) is 1.36.